The van der Waals surface area contributed by atoms with Crippen LogP contribution in [0.3, 0.4) is 0 Å². The maximum absolute atomic E-state index is 11.7. The van der Waals surface area contributed by atoms with E-state index in [2.05, 4.69) is 25.7 Å². The largest absolute Gasteiger partial charge is 0.393 e. The first kappa shape index (κ1) is 19.7. The number of hydrogen-bond acceptors (Lipinski definition) is 2. The third-order valence-corrected chi connectivity index (χ3v) is 9.98. The SMILES string of the molecule is C[C@]12CC[C@@H](O)C[C@@H]1CC[C@H]1[C@H]2CC[C@]2(C)[C@@H]1CC[C@@]2(O)C#Cc1ccccc1. The summed E-state index contributed by atoms with van der Waals surface area (Å²) in [6, 6.07) is 10.1. The zero-order valence-corrected chi connectivity index (χ0v) is 18.0. The smallest absolute Gasteiger partial charge is 0.131 e. The topological polar surface area (TPSA) is 40.5 Å². The molecule has 2 N–H and O–H groups in total. The summed E-state index contributed by atoms with van der Waals surface area (Å²) in [4.78, 5) is 0. The lowest BCUT2D eigenvalue weighted by Crippen LogP contribution is -2.56. The summed E-state index contributed by atoms with van der Waals surface area (Å²) in [7, 11) is 0. The molecular weight excluding hydrogens is 356 g/mol. The molecule has 4 aliphatic rings. The molecule has 29 heavy (non-hydrogen) atoms. The summed E-state index contributed by atoms with van der Waals surface area (Å²) in [5.41, 5.74) is 0.433. The highest BCUT2D eigenvalue weighted by Crippen LogP contribution is 2.68. The van der Waals surface area contributed by atoms with E-state index in [4.69, 9.17) is 0 Å². The third-order valence-electron chi connectivity index (χ3n) is 9.98. The Labute approximate surface area is 176 Å². The third kappa shape index (κ3) is 2.92. The van der Waals surface area contributed by atoms with Gasteiger partial charge in [0.1, 0.15) is 5.60 Å². The lowest BCUT2D eigenvalue weighted by atomic mass is 9.44. The first-order valence-corrected chi connectivity index (χ1v) is 11.8. The summed E-state index contributed by atoms with van der Waals surface area (Å²) in [5.74, 6) is 9.40. The Kier molecular flexibility index (Phi) is 4.65. The van der Waals surface area contributed by atoms with Crippen LogP contribution in [0.2, 0.25) is 0 Å². The molecule has 4 fully saturated rings. The van der Waals surface area contributed by atoms with Gasteiger partial charge in [-0.2, -0.15) is 0 Å². The van der Waals surface area contributed by atoms with E-state index in [9.17, 15) is 10.2 Å². The van der Waals surface area contributed by atoms with E-state index in [0.717, 1.165) is 49.5 Å². The lowest BCUT2D eigenvalue weighted by molar-refractivity contribution is -0.144. The molecule has 0 unspecified atom stereocenters. The normalized spacial score (nSPS) is 48.6. The van der Waals surface area contributed by atoms with Crippen molar-refractivity contribution in [2.75, 3.05) is 0 Å². The van der Waals surface area contributed by atoms with Crippen molar-refractivity contribution in [3.05, 3.63) is 35.9 Å². The van der Waals surface area contributed by atoms with Crippen LogP contribution in [0.4, 0.5) is 0 Å². The first-order chi connectivity index (χ1) is 13.9. The lowest BCUT2D eigenvalue weighted by Gasteiger charge is -2.61. The van der Waals surface area contributed by atoms with Gasteiger partial charge < -0.3 is 10.2 Å². The fourth-order valence-electron chi connectivity index (χ4n) is 8.15. The average molecular weight is 393 g/mol. The van der Waals surface area contributed by atoms with Gasteiger partial charge in [0.2, 0.25) is 0 Å². The second kappa shape index (κ2) is 6.86. The molecule has 0 aromatic heterocycles. The van der Waals surface area contributed by atoms with Crippen molar-refractivity contribution in [2.45, 2.75) is 83.3 Å². The summed E-state index contributed by atoms with van der Waals surface area (Å²) >= 11 is 0. The molecule has 4 saturated carbocycles. The maximum atomic E-state index is 11.7. The van der Waals surface area contributed by atoms with Crippen LogP contribution in [0.1, 0.15) is 77.2 Å². The molecule has 1 aromatic rings. The van der Waals surface area contributed by atoms with E-state index < -0.39 is 5.60 Å². The minimum Gasteiger partial charge on any atom is -0.393 e. The number of rotatable bonds is 0. The van der Waals surface area contributed by atoms with Crippen LogP contribution < -0.4 is 0 Å². The van der Waals surface area contributed by atoms with Crippen molar-refractivity contribution < 1.29 is 10.2 Å². The van der Waals surface area contributed by atoms with Crippen LogP contribution in [-0.4, -0.2) is 21.9 Å². The van der Waals surface area contributed by atoms with Gasteiger partial charge in [-0.05, 0) is 99.0 Å². The van der Waals surface area contributed by atoms with Crippen LogP contribution in [0.25, 0.3) is 0 Å². The van der Waals surface area contributed by atoms with Crippen LogP contribution in [0.15, 0.2) is 30.3 Å². The van der Waals surface area contributed by atoms with Crippen molar-refractivity contribution in [3.8, 4) is 11.8 Å². The van der Waals surface area contributed by atoms with Crippen molar-refractivity contribution in [2.24, 2.45) is 34.5 Å². The van der Waals surface area contributed by atoms with Crippen LogP contribution >= 0.6 is 0 Å². The summed E-state index contributed by atoms with van der Waals surface area (Å²) in [5, 5.41) is 21.9. The summed E-state index contributed by atoms with van der Waals surface area (Å²) < 4.78 is 0. The highest BCUT2D eigenvalue weighted by Gasteiger charge is 2.64. The average Bonchev–Trinajstić information content (AvgIpc) is 2.99. The molecule has 5 rings (SSSR count). The van der Waals surface area contributed by atoms with Crippen molar-refractivity contribution >= 4 is 0 Å². The van der Waals surface area contributed by atoms with Crippen LogP contribution in [-0.2, 0) is 0 Å². The van der Waals surface area contributed by atoms with Gasteiger partial charge in [0.05, 0.1) is 6.10 Å². The van der Waals surface area contributed by atoms with E-state index in [1.807, 2.05) is 30.3 Å². The number of fused-ring (bicyclic) bond motifs is 5. The molecule has 0 amide bonds. The number of aliphatic hydroxyl groups is 2. The molecule has 156 valence electrons. The predicted octanol–water partition coefficient (Wildman–Crippen LogP) is 5.17. The van der Waals surface area contributed by atoms with Crippen molar-refractivity contribution in [1.82, 2.24) is 0 Å². The Bertz CT molecular complexity index is 822. The van der Waals surface area contributed by atoms with Gasteiger partial charge in [-0.25, -0.2) is 0 Å². The molecular formula is C27H36O2. The molecule has 1 aromatic carbocycles. The standard InChI is InChI=1S/C27H36O2/c1-25-14-11-21(28)18-20(25)8-9-22-23(25)12-15-26(2)24(22)13-17-27(26,29)16-10-19-6-4-3-5-7-19/h3-7,20-24,28-29H,8-9,11-15,17-18H2,1-2H3/t20-,21+,22-,23+,24+,25-,26+,27-/m0/s1. The van der Waals surface area contributed by atoms with Gasteiger partial charge in [-0.1, -0.05) is 43.9 Å². The molecule has 0 heterocycles. The van der Waals surface area contributed by atoms with E-state index in [-0.39, 0.29) is 11.5 Å². The fraction of sp³-hybridized carbons (Fsp3) is 0.704. The second-order valence-electron chi connectivity index (χ2n) is 11.1. The van der Waals surface area contributed by atoms with Crippen LogP contribution in [0.5, 0.6) is 0 Å². The Morgan fingerprint density at radius 3 is 2.45 bits per heavy atom. The second-order valence-corrected chi connectivity index (χ2v) is 11.1. The molecule has 8 atom stereocenters. The number of hydrogen-bond donors (Lipinski definition) is 2. The van der Waals surface area contributed by atoms with Gasteiger partial charge >= 0.3 is 0 Å². The molecule has 0 bridgehead atoms. The Morgan fingerprint density at radius 2 is 1.66 bits per heavy atom. The molecule has 2 nitrogen and oxygen atoms in total. The molecule has 0 aliphatic heterocycles. The fourth-order valence-corrected chi connectivity index (χ4v) is 8.15. The van der Waals surface area contributed by atoms with Gasteiger partial charge in [0.15, 0.2) is 0 Å². The summed E-state index contributed by atoms with van der Waals surface area (Å²) in [6.45, 7) is 4.86. The molecule has 0 spiro atoms. The minimum absolute atomic E-state index is 0.0803. The van der Waals surface area contributed by atoms with Crippen molar-refractivity contribution in [1.29, 1.82) is 0 Å². The zero-order chi connectivity index (χ0) is 20.3. The molecule has 0 radical (unpaired) electrons. The number of aliphatic hydroxyl groups excluding tert-OH is 1. The van der Waals surface area contributed by atoms with Gasteiger partial charge in [-0.3, -0.25) is 0 Å². The molecule has 2 heteroatoms. The van der Waals surface area contributed by atoms with Gasteiger partial charge in [0, 0.05) is 11.0 Å². The Morgan fingerprint density at radius 1 is 0.897 bits per heavy atom. The Hall–Kier alpha value is -1.30. The van der Waals surface area contributed by atoms with E-state index in [0.29, 0.717) is 17.3 Å². The van der Waals surface area contributed by atoms with E-state index in [1.165, 1.54) is 25.7 Å². The quantitative estimate of drug-likeness (QED) is 0.598. The highest BCUT2D eigenvalue weighted by atomic mass is 16.3. The monoisotopic (exact) mass is 392 g/mol. The predicted molar refractivity (Wildman–Crippen MR) is 116 cm³/mol. The van der Waals surface area contributed by atoms with Gasteiger partial charge in [-0.15, -0.1) is 0 Å². The Balaban J connectivity index is 1.42. The van der Waals surface area contributed by atoms with E-state index in [1.54, 1.807) is 0 Å². The minimum atomic E-state index is -0.862. The molecule has 0 saturated heterocycles. The zero-order valence-electron chi connectivity index (χ0n) is 18.0. The van der Waals surface area contributed by atoms with Gasteiger partial charge in [0.25, 0.3) is 0 Å². The first-order valence-electron chi connectivity index (χ1n) is 11.8. The van der Waals surface area contributed by atoms with Crippen molar-refractivity contribution in [3.63, 3.8) is 0 Å². The molecule has 4 aliphatic carbocycles. The summed E-state index contributed by atoms with van der Waals surface area (Å²) in [6.07, 6.45) is 9.86. The van der Waals surface area contributed by atoms with Crippen LogP contribution in [0, 0.1) is 46.3 Å². The number of benzene rings is 1. The highest BCUT2D eigenvalue weighted by molar-refractivity contribution is 5.38. The maximum Gasteiger partial charge on any atom is 0.131 e. The van der Waals surface area contributed by atoms with E-state index >= 15 is 0 Å².